The lowest BCUT2D eigenvalue weighted by Gasteiger charge is -2.08. The van der Waals surface area contributed by atoms with Gasteiger partial charge in [-0.1, -0.05) is 0 Å². The van der Waals surface area contributed by atoms with Crippen LogP contribution in [-0.4, -0.2) is 34.9 Å². The molecule has 0 fully saturated rings. The minimum absolute atomic E-state index is 0.576. The molecule has 0 aliphatic rings. The third-order valence-electron chi connectivity index (χ3n) is 5.39. The van der Waals surface area contributed by atoms with Gasteiger partial charge in [0.1, 0.15) is 27.9 Å². The second-order valence-electron chi connectivity index (χ2n) is 7.62. The Labute approximate surface area is 214 Å². The van der Waals surface area contributed by atoms with Gasteiger partial charge in [0.05, 0.1) is 6.07 Å². The molecule has 0 saturated heterocycles. The highest BCUT2D eigenvalue weighted by Gasteiger charge is 2.33. The zero-order valence-electron chi connectivity index (χ0n) is 18.2. The highest BCUT2D eigenvalue weighted by molar-refractivity contribution is 6.28. The molecule has 0 amide bonds. The summed E-state index contributed by atoms with van der Waals surface area (Å²) in [5, 5.41) is 9.05. The van der Waals surface area contributed by atoms with Crippen LogP contribution in [0.5, 0.6) is 0 Å². The number of H-pyrrole nitrogens is 2. The SMILES string of the molecule is [C-]#[N+]C(c1nc(Cl)nc(C(C#N)c2nc3c(F)c(F)c(F)c(F)c3[nH]2)n1)c1nc2c(F)c(F)c(F)c(F)c2[nH]1. The highest BCUT2D eigenvalue weighted by Crippen LogP contribution is 2.32. The maximum Gasteiger partial charge on any atom is 0.338 e. The number of hydrogen-bond acceptors (Lipinski definition) is 6. The first-order valence-electron chi connectivity index (χ1n) is 10.1. The number of aromatic nitrogens is 7. The Kier molecular flexibility index (Phi) is 6.03. The molecule has 5 aromatic rings. The highest BCUT2D eigenvalue weighted by atomic mass is 35.5. The van der Waals surface area contributed by atoms with Gasteiger partial charge in [0.25, 0.3) is 0 Å². The van der Waals surface area contributed by atoms with Gasteiger partial charge < -0.3 is 9.97 Å². The molecule has 39 heavy (non-hydrogen) atoms. The Bertz CT molecular complexity index is 1700. The smallest absolute Gasteiger partial charge is 0.338 e. The van der Waals surface area contributed by atoms with Gasteiger partial charge in [0.2, 0.25) is 11.1 Å². The number of rotatable bonds is 4. The Hall–Kier alpha value is -4.90. The fourth-order valence-corrected chi connectivity index (χ4v) is 3.79. The number of nitrogens with zero attached hydrogens (tertiary/aromatic N) is 7. The summed E-state index contributed by atoms with van der Waals surface area (Å²) in [6, 6.07) is -0.112. The summed E-state index contributed by atoms with van der Waals surface area (Å²) < 4.78 is 111. The van der Waals surface area contributed by atoms with Gasteiger partial charge in [-0.2, -0.15) is 10.2 Å². The van der Waals surface area contributed by atoms with Gasteiger partial charge in [-0.3, -0.25) is 4.85 Å². The Balaban J connectivity index is 1.63. The molecule has 0 bridgehead atoms. The number of halogens is 9. The van der Waals surface area contributed by atoms with Crippen molar-refractivity contribution in [2.45, 2.75) is 12.0 Å². The van der Waals surface area contributed by atoms with Crippen LogP contribution in [0.4, 0.5) is 35.1 Å². The van der Waals surface area contributed by atoms with Gasteiger partial charge in [0.15, 0.2) is 64.1 Å². The molecular formula is C21H4ClF8N9. The monoisotopic (exact) mass is 569 g/mol. The Morgan fingerprint density at radius 1 is 0.667 bits per heavy atom. The molecular weight excluding hydrogens is 566 g/mol. The molecule has 2 N–H and O–H groups in total. The quantitative estimate of drug-likeness (QED) is 0.135. The lowest BCUT2D eigenvalue weighted by Crippen LogP contribution is -2.13. The molecule has 0 aliphatic heterocycles. The molecule has 3 heterocycles. The molecule has 2 atom stereocenters. The van der Waals surface area contributed by atoms with Crippen LogP contribution in [0.15, 0.2) is 0 Å². The van der Waals surface area contributed by atoms with Crippen molar-refractivity contribution in [2.24, 2.45) is 0 Å². The number of fused-ring (bicyclic) bond motifs is 2. The third kappa shape index (κ3) is 3.86. The molecule has 0 spiro atoms. The second-order valence-corrected chi connectivity index (χ2v) is 7.96. The maximum absolute atomic E-state index is 14.1. The maximum atomic E-state index is 14.1. The van der Waals surface area contributed by atoms with Crippen molar-refractivity contribution in [1.29, 1.82) is 5.26 Å². The summed E-state index contributed by atoms with van der Waals surface area (Å²) in [6.07, 6.45) is 0. The lowest BCUT2D eigenvalue weighted by atomic mass is 10.1. The van der Waals surface area contributed by atoms with E-state index in [1.807, 2.05) is 0 Å². The number of aromatic amines is 2. The van der Waals surface area contributed by atoms with E-state index in [9.17, 15) is 40.4 Å². The van der Waals surface area contributed by atoms with E-state index in [-0.39, 0.29) is 0 Å². The van der Waals surface area contributed by atoms with Crippen LogP contribution < -0.4 is 0 Å². The Morgan fingerprint density at radius 3 is 1.64 bits per heavy atom. The van der Waals surface area contributed by atoms with Crippen molar-refractivity contribution in [2.75, 3.05) is 0 Å². The second kappa shape index (κ2) is 9.14. The average Bonchev–Trinajstić information content (AvgIpc) is 3.55. The average molecular weight is 570 g/mol. The third-order valence-corrected chi connectivity index (χ3v) is 5.56. The molecule has 3 aromatic heterocycles. The summed E-state index contributed by atoms with van der Waals surface area (Å²) in [4.78, 5) is 26.0. The van der Waals surface area contributed by atoms with Gasteiger partial charge in [-0.05, 0) is 11.6 Å². The standard InChI is InChI=1S/C21H4ClF8N9/c1-32-16(19-35-14-10(29)6(25)7(26)11(30)15(14)36-19)20-37-18(38-21(22)39-20)3(2-31)17-33-12-8(27)4(23)5(24)9(28)13(12)34-17/h3,16H,(H,33,34)(H,35,36). The van der Waals surface area contributed by atoms with E-state index in [1.54, 1.807) is 6.07 Å². The van der Waals surface area contributed by atoms with Crippen molar-refractivity contribution in [3.63, 3.8) is 0 Å². The minimum atomic E-state index is -2.14. The molecule has 9 nitrogen and oxygen atoms in total. The van der Waals surface area contributed by atoms with E-state index < -0.39 is 109 Å². The van der Waals surface area contributed by atoms with Crippen LogP contribution in [0, 0.1) is 64.4 Å². The molecule has 18 heteroatoms. The molecule has 5 rings (SSSR count). The number of hydrogen-bond donors (Lipinski definition) is 2. The van der Waals surface area contributed by atoms with Gasteiger partial charge >= 0.3 is 6.04 Å². The first-order valence-corrected chi connectivity index (χ1v) is 10.5. The predicted molar refractivity (Wildman–Crippen MR) is 113 cm³/mol. The minimum Gasteiger partial charge on any atom is -0.338 e. The molecule has 2 aromatic carbocycles. The summed E-state index contributed by atoms with van der Waals surface area (Å²) in [5.74, 6) is -19.9. The fraction of sp³-hybridized carbons (Fsp3) is 0.0952. The van der Waals surface area contributed by atoms with E-state index in [0.29, 0.717) is 0 Å². The Morgan fingerprint density at radius 2 is 1.13 bits per heavy atom. The number of nitriles is 1. The normalized spacial score (nSPS) is 13.0. The van der Waals surface area contributed by atoms with Crippen molar-refractivity contribution >= 4 is 33.7 Å². The van der Waals surface area contributed by atoms with Crippen molar-refractivity contribution in [1.82, 2.24) is 34.9 Å². The van der Waals surface area contributed by atoms with Crippen LogP contribution in [0.2, 0.25) is 5.28 Å². The largest absolute Gasteiger partial charge is 0.338 e. The molecule has 196 valence electrons. The molecule has 0 radical (unpaired) electrons. The summed E-state index contributed by atoms with van der Waals surface area (Å²) in [5.41, 5.74) is -3.77. The number of nitrogens with one attached hydrogen (secondary N) is 2. The van der Waals surface area contributed by atoms with Crippen LogP contribution in [0.25, 0.3) is 26.9 Å². The van der Waals surface area contributed by atoms with Gasteiger partial charge in [0, 0.05) is 0 Å². The number of benzene rings is 2. The molecule has 0 aliphatic carbocycles. The van der Waals surface area contributed by atoms with E-state index in [0.717, 1.165) is 0 Å². The molecule has 0 saturated carbocycles. The van der Waals surface area contributed by atoms with E-state index in [4.69, 9.17) is 18.2 Å². The van der Waals surface area contributed by atoms with E-state index in [1.165, 1.54) is 0 Å². The summed E-state index contributed by atoms with van der Waals surface area (Å²) >= 11 is 5.89. The fourth-order valence-electron chi connectivity index (χ4n) is 3.61. The van der Waals surface area contributed by atoms with Crippen LogP contribution in [0.1, 0.15) is 35.3 Å². The van der Waals surface area contributed by atoms with Crippen molar-refractivity contribution in [3.8, 4) is 6.07 Å². The van der Waals surface area contributed by atoms with Crippen LogP contribution in [-0.2, 0) is 0 Å². The zero-order chi connectivity index (χ0) is 28.3. The van der Waals surface area contributed by atoms with Gasteiger partial charge in [-0.15, -0.1) is 0 Å². The van der Waals surface area contributed by atoms with E-state index in [2.05, 4.69) is 39.7 Å². The van der Waals surface area contributed by atoms with Gasteiger partial charge in [-0.25, -0.2) is 61.6 Å². The lowest BCUT2D eigenvalue weighted by molar-refractivity contribution is 0.417. The first-order chi connectivity index (χ1) is 18.5. The van der Waals surface area contributed by atoms with Crippen LogP contribution >= 0.6 is 11.6 Å². The molecule has 2 unspecified atom stereocenters. The summed E-state index contributed by atoms with van der Waals surface area (Å²) in [6.45, 7) is 7.47. The predicted octanol–water partition coefficient (Wildman–Crippen LogP) is 5.05. The zero-order valence-corrected chi connectivity index (χ0v) is 18.9. The van der Waals surface area contributed by atoms with Crippen LogP contribution in [0.3, 0.4) is 0 Å². The van der Waals surface area contributed by atoms with Crippen molar-refractivity contribution < 1.29 is 35.1 Å². The van der Waals surface area contributed by atoms with E-state index >= 15 is 0 Å². The van der Waals surface area contributed by atoms with Crippen molar-refractivity contribution in [3.05, 3.63) is 86.5 Å². The number of imidazole rings is 2. The summed E-state index contributed by atoms with van der Waals surface area (Å²) in [7, 11) is 0. The topological polar surface area (TPSA) is 124 Å². The first kappa shape index (κ1) is 25.7.